The average molecular weight is 199 g/mol. The normalized spacial score (nSPS) is 12.1. The Kier molecular flexibility index (Phi) is 1.57. The molecule has 2 aromatic heterocycles. The lowest BCUT2D eigenvalue weighted by atomic mass is 10.4. The van der Waals surface area contributed by atoms with E-state index in [1.54, 1.807) is 6.07 Å². The summed E-state index contributed by atoms with van der Waals surface area (Å²) in [4.78, 5) is 3.79. The molecule has 0 spiro atoms. The van der Waals surface area contributed by atoms with Gasteiger partial charge in [-0.15, -0.1) is 0 Å². The van der Waals surface area contributed by atoms with Crippen LogP contribution in [0.15, 0.2) is 27.9 Å². The lowest BCUT2D eigenvalue weighted by molar-refractivity contribution is 0.346. The van der Waals surface area contributed by atoms with E-state index in [0.717, 1.165) is 0 Å². The van der Waals surface area contributed by atoms with Crippen LogP contribution in [0.3, 0.4) is 0 Å². The molecule has 0 aliphatic heterocycles. The first-order chi connectivity index (χ1) is 6.09. The van der Waals surface area contributed by atoms with Gasteiger partial charge < -0.3 is 4.52 Å². The van der Waals surface area contributed by atoms with Crippen molar-refractivity contribution in [3.8, 4) is 0 Å². The Morgan fingerprint density at radius 1 is 1.46 bits per heavy atom. The van der Waals surface area contributed by atoms with Crippen molar-refractivity contribution < 1.29 is 12.9 Å². The molecule has 2 heterocycles. The van der Waals surface area contributed by atoms with E-state index in [-0.39, 0.29) is 10.7 Å². The van der Waals surface area contributed by atoms with Gasteiger partial charge in [0.25, 0.3) is 15.1 Å². The molecule has 0 unspecified atom stereocenters. The summed E-state index contributed by atoms with van der Waals surface area (Å²) in [5.74, 6) is 0. The standard InChI is InChI=1S/C6H5N3O3S/c7-13(10,11)6-4-2-1-3-8-5(4)9-12-6/h1-3H,(H2,7,10,11). The predicted molar refractivity (Wildman–Crippen MR) is 43.2 cm³/mol. The number of pyridine rings is 1. The lowest BCUT2D eigenvalue weighted by Gasteiger charge is -1.89. The van der Waals surface area contributed by atoms with E-state index in [1.165, 1.54) is 12.3 Å². The van der Waals surface area contributed by atoms with Crippen LogP contribution in [0.4, 0.5) is 0 Å². The topological polar surface area (TPSA) is 99.1 Å². The fourth-order valence-corrected chi connectivity index (χ4v) is 1.58. The molecule has 0 fully saturated rings. The molecule has 0 atom stereocenters. The van der Waals surface area contributed by atoms with E-state index in [9.17, 15) is 8.42 Å². The summed E-state index contributed by atoms with van der Waals surface area (Å²) < 4.78 is 26.4. The summed E-state index contributed by atoms with van der Waals surface area (Å²) in [7, 11) is -3.86. The van der Waals surface area contributed by atoms with Crippen molar-refractivity contribution in [2.45, 2.75) is 5.09 Å². The highest BCUT2D eigenvalue weighted by molar-refractivity contribution is 7.89. The van der Waals surface area contributed by atoms with Gasteiger partial charge in [-0.1, -0.05) is 5.16 Å². The van der Waals surface area contributed by atoms with Crippen molar-refractivity contribution in [3.63, 3.8) is 0 Å². The molecule has 7 heteroatoms. The molecule has 2 N–H and O–H groups in total. The Morgan fingerprint density at radius 2 is 2.23 bits per heavy atom. The second-order valence-corrected chi connectivity index (χ2v) is 3.85. The van der Waals surface area contributed by atoms with Crippen LogP contribution in [-0.2, 0) is 10.0 Å². The van der Waals surface area contributed by atoms with Gasteiger partial charge in [-0.2, -0.15) is 0 Å². The molecule has 0 bridgehead atoms. The molecule has 68 valence electrons. The molecule has 0 amide bonds. The molecular formula is C6H5N3O3S. The molecule has 0 aliphatic carbocycles. The summed E-state index contributed by atoms with van der Waals surface area (Å²) in [6, 6.07) is 3.10. The minimum Gasteiger partial charge on any atom is -0.340 e. The Hall–Kier alpha value is -1.47. The number of aromatic nitrogens is 2. The Bertz CT molecular complexity index is 545. The van der Waals surface area contributed by atoms with Gasteiger partial charge >= 0.3 is 0 Å². The first-order valence-electron chi connectivity index (χ1n) is 3.32. The predicted octanol–water partition coefficient (Wildman–Crippen LogP) is -0.130. The molecule has 6 nitrogen and oxygen atoms in total. The number of rotatable bonds is 1. The number of hydrogen-bond acceptors (Lipinski definition) is 5. The zero-order valence-corrected chi connectivity index (χ0v) is 7.15. The van der Waals surface area contributed by atoms with Gasteiger partial charge in [0.05, 0.1) is 5.39 Å². The molecule has 2 rings (SSSR count). The van der Waals surface area contributed by atoms with Gasteiger partial charge in [-0.05, 0) is 12.1 Å². The molecule has 0 saturated carbocycles. The number of fused-ring (bicyclic) bond motifs is 1. The van der Waals surface area contributed by atoms with Gasteiger partial charge in [0.2, 0.25) is 5.65 Å². The maximum absolute atomic E-state index is 10.9. The van der Waals surface area contributed by atoms with Crippen LogP contribution in [-0.4, -0.2) is 18.6 Å². The van der Waals surface area contributed by atoms with Crippen LogP contribution >= 0.6 is 0 Å². The molecule has 0 radical (unpaired) electrons. The third-order valence-corrected chi connectivity index (χ3v) is 2.29. The van der Waals surface area contributed by atoms with E-state index < -0.39 is 10.0 Å². The zero-order chi connectivity index (χ0) is 9.47. The first-order valence-corrected chi connectivity index (χ1v) is 4.87. The molecular weight excluding hydrogens is 194 g/mol. The van der Waals surface area contributed by atoms with Crippen molar-refractivity contribution in [2.75, 3.05) is 0 Å². The van der Waals surface area contributed by atoms with Crippen molar-refractivity contribution in [2.24, 2.45) is 5.14 Å². The summed E-state index contributed by atoms with van der Waals surface area (Å²) in [5, 5.41) is 8.26. The fraction of sp³-hybridized carbons (Fsp3) is 0. The second kappa shape index (κ2) is 2.51. The lowest BCUT2D eigenvalue weighted by Crippen LogP contribution is -2.11. The van der Waals surface area contributed by atoms with E-state index in [0.29, 0.717) is 5.39 Å². The first kappa shape index (κ1) is 8.14. The number of sulfonamides is 1. The Balaban J connectivity index is 2.87. The minimum absolute atomic E-state index is 0.228. The van der Waals surface area contributed by atoms with Crippen LogP contribution in [0, 0.1) is 0 Å². The summed E-state index contributed by atoms with van der Waals surface area (Å²) in [6.45, 7) is 0. The van der Waals surface area contributed by atoms with E-state index >= 15 is 0 Å². The highest BCUT2D eigenvalue weighted by Crippen LogP contribution is 2.18. The van der Waals surface area contributed by atoms with E-state index in [4.69, 9.17) is 5.14 Å². The SMILES string of the molecule is NS(=O)(=O)c1onc2ncccc12. The summed E-state index contributed by atoms with van der Waals surface area (Å²) in [5.41, 5.74) is 0.228. The monoisotopic (exact) mass is 199 g/mol. The fourth-order valence-electron chi connectivity index (χ4n) is 0.968. The van der Waals surface area contributed by atoms with E-state index in [2.05, 4.69) is 14.7 Å². The van der Waals surface area contributed by atoms with Gasteiger partial charge in [0, 0.05) is 6.20 Å². The number of nitrogens with two attached hydrogens (primary N) is 1. The number of primary sulfonamides is 1. The van der Waals surface area contributed by atoms with Gasteiger partial charge in [0.15, 0.2) is 0 Å². The highest BCUT2D eigenvalue weighted by atomic mass is 32.2. The number of nitrogens with zero attached hydrogens (tertiary/aromatic N) is 2. The Morgan fingerprint density at radius 3 is 2.92 bits per heavy atom. The van der Waals surface area contributed by atoms with Crippen molar-refractivity contribution >= 4 is 21.1 Å². The van der Waals surface area contributed by atoms with E-state index in [1.807, 2.05) is 0 Å². The van der Waals surface area contributed by atoms with Crippen LogP contribution in [0.5, 0.6) is 0 Å². The summed E-state index contributed by atoms with van der Waals surface area (Å²) >= 11 is 0. The maximum Gasteiger partial charge on any atom is 0.275 e. The van der Waals surface area contributed by atoms with Crippen LogP contribution < -0.4 is 5.14 Å². The third kappa shape index (κ3) is 1.27. The van der Waals surface area contributed by atoms with Crippen molar-refractivity contribution in [3.05, 3.63) is 18.3 Å². The Labute approximate surface area is 73.4 Å². The second-order valence-electron chi connectivity index (χ2n) is 2.39. The summed E-state index contributed by atoms with van der Waals surface area (Å²) in [6.07, 6.45) is 1.48. The van der Waals surface area contributed by atoms with Crippen LogP contribution in [0.25, 0.3) is 11.0 Å². The van der Waals surface area contributed by atoms with Crippen molar-refractivity contribution in [1.82, 2.24) is 10.1 Å². The average Bonchev–Trinajstić information content (AvgIpc) is 2.45. The largest absolute Gasteiger partial charge is 0.340 e. The molecule has 2 aromatic rings. The van der Waals surface area contributed by atoms with Gasteiger partial charge in [-0.3, -0.25) is 0 Å². The van der Waals surface area contributed by atoms with Gasteiger partial charge in [0.1, 0.15) is 0 Å². The molecule has 13 heavy (non-hydrogen) atoms. The quantitative estimate of drug-likeness (QED) is 0.689. The molecule has 0 saturated heterocycles. The van der Waals surface area contributed by atoms with Crippen LogP contribution in [0.1, 0.15) is 0 Å². The van der Waals surface area contributed by atoms with Gasteiger partial charge in [-0.25, -0.2) is 18.5 Å². The molecule has 0 aliphatic rings. The number of hydrogen-bond donors (Lipinski definition) is 1. The van der Waals surface area contributed by atoms with Crippen molar-refractivity contribution in [1.29, 1.82) is 0 Å². The maximum atomic E-state index is 10.9. The van der Waals surface area contributed by atoms with Crippen LogP contribution in [0.2, 0.25) is 0 Å². The highest BCUT2D eigenvalue weighted by Gasteiger charge is 2.18. The smallest absolute Gasteiger partial charge is 0.275 e. The zero-order valence-electron chi connectivity index (χ0n) is 6.34. The molecule has 0 aromatic carbocycles. The third-order valence-electron chi connectivity index (χ3n) is 1.48. The minimum atomic E-state index is -3.86.